The van der Waals surface area contributed by atoms with Crippen LogP contribution in [0.15, 0.2) is 18.2 Å². The molecule has 3 heterocycles. The van der Waals surface area contributed by atoms with E-state index in [1.165, 1.54) is 4.31 Å². The molecule has 10 nitrogen and oxygen atoms in total. The molecule has 4 amide bonds. The molecule has 1 atom stereocenters. The van der Waals surface area contributed by atoms with Crippen LogP contribution in [0.3, 0.4) is 0 Å². The monoisotopic (exact) mass is 448 g/mol. The first-order chi connectivity index (χ1) is 14.8. The fourth-order valence-electron chi connectivity index (χ4n) is 4.19. The average Bonchev–Trinajstić information content (AvgIpc) is 3.35. The summed E-state index contributed by atoms with van der Waals surface area (Å²) < 4.78 is 28.4. The first-order valence-corrected chi connectivity index (χ1v) is 11.8. The Kier molecular flexibility index (Phi) is 5.91. The van der Waals surface area contributed by atoms with Crippen molar-refractivity contribution in [2.24, 2.45) is 0 Å². The molecule has 2 saturated heterocycles. The number of carbonyl (C=O) groups is 4. The summed E-state index contributed by atoms with van der Waals surface area (Å²) in [4.78, 5) is 49.9. The van der Waals surface area contributed by atoms with Gasteiger partial charge in [0, 0.05) is 26.1 Å². The molecular formula is C20H24N4O6S. The van der Waals surface area contributed by atoms with Crippen LogP contribution in [0.4, 0.5) is 0 Å². The molecule has 2 N–H and O–H groups in total. The van der Waals surface area contributed by atoms with E-state index >= 15 is 0 Å². The van der Waals surface area contributed by atoms with Crippen LogP contribution in [-0.4, -0.2) is 66.9 Å². The molecule has 0 bridgehead atoms. The van der Waals surface area contributed by atoms with Crippen LogP contribution in [0.5, 0.6) is 0 Å². The smallest absolute Gasteiger partial charge is 0.279 e. The van der Waals surface area contributed by atoms with Gasteiger partial charge in [0.05, 0.1) is 11.1 Å². The van der Waals surface area contributed by atoms with Gasteiger partial charge in [0.25, 0.3) is 22.0 Å². The number of carbonyl (C=O) groups excluding carboxylic acids is 4. The van der Waals surface area contributed by atoms with Crippen molar-refractivity contribution < 1.29 is 27.6 Å². The van der Waals surface area contributed by atoms with Crippen molar-refractivity contribution in [1.29, 1.82) is 0 Å². The lowest BCUT2D eigenvalue weighted by Gasteiger charge is -2.27. The largest absolute Gasteiger partial charge is 0.295 e. The van der Waals surface area contributed by atoms with Gasteiger partial charge in [0.1, 0.15) is 6.04 Å². The minimum atomic E-state index is -3.45. The fraction of sp³-hybridized carbons (Fsp3) is 0.500. The maximum atomic E-state index is 12.8. The highest BCUT2D eigenvalue weighted by Crippen LogP contribution is 2.28. The van der Waals surface area contributed by atoms with Crippen molar-refractivity contribution in [3.63, 3.8) is 0 Å². The Labute approximate surface area is 180 Å². The molecule has 166 valence electrons. The van der Waals surface area contributed by atoms with Gasteiger partial charge in [-0.3, -0.25) is 29.4 Å². The summed E-state index contributed by atoms with van der Waals surface area (Å²) in [7, 11) is -3.45. The number of nitrogens with one attached hydrogen (secondary N) is 2. The molecule has 0 saturated carbocycles. The third-order valence-electron chi connectivity index (χ3n) is 5.84. The number of nitrogens with zero attached hydrogens (tertiary/aromatic N) is 2. The molecule has 1 unspecified atom stereocenters. The second-order valence-corrected chi connectivity index (χ2v) is 9.69. The molecule has 4 rings (SSSR count). The van der Waals surface area contributed by atoms with Gasteiger partial charge >= 0.3 is 0 Å². The number of imide groups is 2. The lowest BCUT2D eigenvalue weighted by Crippen LogP contribution is -2.54. The normalized spacial score (nSPS) is 22.2. The van der Waals surface area contributed by atoms with Gasteiger partial charge in [0.2, 0.25) is 11.8 Å². The van der Waals surface area contributed by atoms with Crippen molar-refractivity contribution in [3.05, 3.63) is 34.9 Å². The van der Waals surface area contributed by atoms with Crippen LogP contribution in [-0.2, 0) is 26.2 Å². The van der Waals surface area contributed by atoms with Gasteiger partial charge < -0.3 is 0 Å². The van der Waals surface area contributed by atoms with Crippen LogP contribution in [0.2, 0.25) is 0 Å². The van der Waals surface area contributed by atoms with E-state index in [9.17, 15) is 27.6 Å². The summed E-state index contributed by atoms with van der Waals surface area (Å²) in [6, 6.07) is 3.92. The summed E-state index contributed by atoms with van der Waals surface area (Å²) in [6.45, 7) is 1.35. The van der Waals surface area contributed by atoms with Crippen molar-refractivity contribution in [3.8, 4) is 0 Å². The minimum absolute atomic E-state index is 0.0718. The summed E-state index contributed by atoms with van der Waals surface area (Å²) in [5, 5.41) is 2.17. The molecule has 0 aromatic heterocycles. The molecule has 0 radical (unpaired) electrons. The van der Waals surface area contributed by atoms with Crippen LogP contribution < -0.4 is 10.0 Å². The zero-order chi connectivity index (χ0) is 22.2. The maximum Gasteiger partial charge on any atom is 0.279 e. The number of benzene rings is 1. The molecule has 11 heteroatoms. The molecule has 1 aromatic rings. The van der Waals surface area contributed by atoms with E-state index in [-0.39, 0.29) is 30.5 Å². The lowest BCUT2D eigenvalue weighted by atomic mass is 10.0. The second kappa shape index (κ2) is 8.48. The standard InChI is InChI=1S/C20H24N4O6S/c25-17-8-7-16(18(26)22-17)24-19(27)14-6-5-13(12-15(14)20(24)28)4-3-9-21-31(29,30)23-10-1-2-11-23/h5-6,12,16,21H,1-4,7-11H2,(H,22,25,26). The number of rotatable bonds is 7. The average molecular weight is 449 g/mol. The van der Waals surface area contributed by atoms with Gasteiger partial charge in [-0.1, -0.05) is 6.07 Å². The summed E-state index contributed by atoms with van der Waals surface area (Å²) in [5.74, 6) is -2.15. The number of hydrogen-bond donors (Lipinski definition) is 2. The van der Waals surface area contributed by atoms with Gasteiger partial charge in [-0.05, 0) is 49.8 Å². The fourth-order valence-corrected chi connectivity index (χ4v) is 5.51. The van der Waals surface area contributed by atoms with Gasteiger partial charge in [-0.2, -0.15) is 12.7 Å². The van der Waals surface area contributed by atoms with Crippen LogP contribution >= 0.6 is 0 Å². The van der Waals surface area contributed by atoms with Gasteiger partial charge in [-0.15, -0.1) is 0 Å². The van der Waals surface area contributed by atoms with Crippen molar-refractivity contribution in [2.45, 2.75) is 44.6 Å². The van der Waals surface area contributed by atoms with Crippen molar-refractivity contribution in [1.82, 2.24) is 19.2 Å². The number of aryl methyl sites for hydroxylation is 1. The maximum absolute atomic E-state index is 12.8. The second-order valence-electron chi connectivity index (χ2n) is 7.94. The summed E-state index contributed by atoms with van der Waals surface area (Å²) >= 11 is 0. The first-order valence-electron chi connectivity index (χ1n) is 10.4. The SMILES string of the molecule is O=C1CCC(N2C(=O)c3ccc(CCCNS(=O)(=O)N4CCCC4)cc3C2=O)C(=O)N1. The Morgan fingerprint density at radius 2 is 1.74 bits per heavy atom. The van der Waals surface area contributed by atoms with Gasteiger partial charge in [-0.25, -0.2) is 4.72 Å². The molecule has 1 aromatic carbocycles. The number of hydrogen-bond acceptors (Lipinski definition) is 6. The van der Waals surface area contributed by atoms with Crippen molar-refractivity contribution in [2.75, 3.05) is 19.6 Å². The quantitative estimate of drug-likeness (QED) is 0.444. The Morgan fingerprint density at radius 1 is 1.03 bits per heavy atom. The van der Waals surface area contributed by atoms with Crippen LogP contribution in [0.25, 0.3) is 0 Å². The molecular weight excluding hydrogens is 424 g/mol. The number of fused-ring (bicyclic) bond motifs is 1. The number of amides is 4. The van der Waals surface area contributed by atoms with E-state index in [2.05, 4.69) is 10.0 Å². The predicted octanol–water partition coefficient (Wildman–Crippen LogP) is -0.0494. The minimum Gasteiger partial charge on any atom is -0.295 e. The zero-order valence-corrected chi connectivity index (χ0v) is 17.7. The lowest BCUT2D eigenvalue weighted by molar-refractivity contribution is -0.136. The molecule has 0 aliphatic carbocycles. The molecule has 3 aliphatic heterocycles. The third kappa shape index (κ3) is 4.25. The third-order valence-corrected chi connectivity index (χ3v) is 7.45. The van der Waals surface area contributed by atoms with E-state index < -0.39 is 39.9 Å². The number of piperidine rings is 1. The molecule has 3 aliphatic rings. The summed E-state index contributed by atoms with van der Waals surface area (Å²) in [5.41, 5.74) is 1.25. The molecule has 31 heavy (non-hydrogen) atoms. The Balaban J connectivity index is 1.38. The highest BCUT2D eigenvalue weighted by atomic mass is 32.2. The topological polar surface area (TPSA) is 133 Å². The van der Waals surface area contributed by atoms with Crippen molar-refractivity contribution >= 4 is 33.8 Å². The molecule has 2 fully saturated rings. The van der Waals surface area contributed by atoms with E-state index in [0.717, 1.165) is 23.3 Å². The first kappa shape index (κ1) is 21.6. The van der Waals surface area contributed by atoms with E-state index in [1.807, 2.05) is 0 Å². The Morgan fingerprint density at radius 3 is 2.45 bits per heavy atom. The predicted molar refractivity (Wildman–Crippen MR) is 109 cm³/mol. The Hall–Kier alpha value is -2.63. The summed E-state index contributed by atoms with van der Waals surface area (Å²) in [6.07, 6.45) is 2.99. The zero-order valence-electron chi connectivity index (χ0n) is 16.9. The van der Waals surface area contributed by atoms with Crippen LogP contribution in [0.1, 0.15) is 58.4 Å². The van der Waals surface area contributed by atoms with E-state index in [4.69, 9.17) is 0 Å². The highest BCUT2D eigenvalue weighted by Gasteiger charge is 2.44. The highest BCUT2D eigenvalue weighted by molar-refractivity contribution is 7.87. The van der Waals surface area contributed by atoms with E-state index in [0.29, 0.717) is 25.9 Å². The van der Waals surface area contributed by atoms with Crippen LogP contribution in [0, 0.1) is 0 Å². The molecule has 0 spiro atoms. The Bertz CT molecular complexity index is 1050. The van der Waals surface area contributed by atoms with Gasteiger partial charge in [0.15, 0.2) is 0 Å². The van der Waals surface area contributed by atoms with E-state index in [1.54, 1.807) is 18.2 Å².